The van der Waals surface area contributed by atoms with Gasteiger partial charge in [-0.3, -0.25) is 14.2 Å². The van der Waals surface area contributed by atoms with Gasteiger partial charge in [0.2, 0.25) is 0 Å². The minimum absolute atomic E-state index is 0.0714. The number of carbonyl (C=O) groups is 1. The van der Waals surface area contributed by atoms with E-state index in [0.717, 1.165) is 5.56 Å². The first-order chi connectivity index (χ1) is 11.5. The summed E-state index contributed by atoms with van der Waals surface area (Å²) in [5.74, 6) is 0.0499. The van der Waals surface area contributed by atoms with Crippen molar-refractivity contribution in [3.63, 3.8) is 0 Å². The lowest BCUT2D eigenvalue weighted by Crippen LogP contribution is -2.23. The van der Waals surface area contributed by atoms with Crippen LogP contribution in [0.25, 0.3) is 10.9 Å². The summed E-state index contributed by atoms with van der Waals surface area (Å²) < 4.78 is 6.73. The summed E-state index contributed by atoms with van der Waals surface area (Å²) in [6.45, 7) is 2.02. The first-order valence-electron chi connectivity index (χ1n) is 7.45. The fourth-order valence-corrected chi connectivity index (χ4v) is 2.60. The van der Waals surface area contributed by atoms with E-state index >= 15 is 0 Å². The molecule has 0 N–H and O–H groups in total. The number of halogens is 1. The van der Waals surface area contributed by atoms with Gasteiger partial charge in [0, 0.05) is 11.6 Å². The second-order valence-electron chi connectivity index (χ2n) is 5.39. The molecule has 3 aromatic rings. The molecule has 3 rings (SSSR count). The molecule has 0 aliphatic rings. The first-order valence-corrected chi connectivity index (χ1v) is 7.83. The summed E-state index contributed by atoms with van der Waals surface area (Å²) in [7, 11) is 0. The average molecular weight is 343 g/mol. The lowest BCUT2D eigenvalue weighted by Gasteiger charge is -2.09. The van der Waals surface area contributed by atoms with E-state index in [-0.39, 0.29) is 18.5 Å². The van der Waals surface area contributed by atoms with Crippen LogP contribution in [0.4, 0.5) is 0 Å². The predicted octanol–water partition coefficient (Wildman–Crippen LogP) is 3.35. The second kappa shape index (κ2) is 6.84. The van der Waals surface area contributed by atoms with Gasteiger partial charge in [-0.15, -0.1) is 0 Å². The number of esters is 1. The number of fused-ring (bicyclic) bond motifs is 1. The fourth-order valence-electron chi connectivity index (χ4n) is 2.38. The lowest BCUT2D eigenvalue weighted by atomic mass is 10.2. The van der Waals surface area contributed by atoms with E-state index in [1.165, 1.54) is 10.9 Å². The molecule has 5 nitrogen and oxygen atoms in total. The maximum absolute atomic E-state index is 12.3. The Bertz CT molecular complexity index is 966. The van der Waals surface area contributed by atoms with E-state index in [1.54, 1.807) is 36.4 Å². The highest BCUT2D eigenvalue weighted by Gasteiger charge is 2.10. The predicted molar refractivity (Wildman–Crippen MR) is 92.4 cm³/mol. The van der Waals surface area contributed by atoms with Crippen molar-refractivity contribution >= 4 is 28.5 Å². The summed E-state index contributed by atoms with van der Waals surface area (Å²) >= 11 is 5.87. The van der Waals surface area contributed by atoms with Gasteiger partial charge in [0.05, 0.1) is 23.7 Å². The standard InChI is InChI=1S/C18H15ClN2O3/c1-12-10-13(19)6-7-16(12)24-17(22)8-9-21-11-20-15-5-3-2-4-14(15)18(21)23/h2-7,10-11H,8-9H2,1H3. The summed E-state index contributed by atoms with van der Waals surface area (Å²) in [6.07, 6.45) is 1.52. The van der Waals surface area contributed by atoms with Crippen molar-refractivity contribution in [1.29, 1.82) is 0 Å². The lowest BCUT2D eigenvalue weighted by molar-refractivity contribution is -0.134. The minimum atomic E-state index is -0.416. The van der Waals surface area contributed by atoms with Crippen molar-refractivity contribution in [2.24, 2.45) is 0 Å². The van der Waals surface area contributed by atoms with Gasteiger partial charge < -0.3 is 4.74 Å². The number of nitrogens with zero attached hydrogens (tertiary/aromatic N) is 2. The van der Waals surface area contributed by atoms with Crippen LogP contribution in [0.2, 0.25) is 5.02 Å². The monoisotopic (exact) mass is 342 g/mol. The Morgan fingerprint density at radius 2 is 2.04 bits per heavy atom. The normalized spacial score (nSPS) is 10.8. The van der Waals surface area contributed by atoms with Gasteiger partial charge in [-0.25, -0.2) is 4.98 Å². The van der Waals surface area contributed by atoms with Crippen molar-refractivity contribution in [1.82, 2.24) is 9.55 Å². The van der Waals surface area contributed by atoms with Crippen molar-refractivity contribution in [3.05, 3.63) is 69.7 Å². The average Bonchev–Trinajstić information content (AvgIpc) is 2.57. The number of aromatic nitrogens is 2. The van der Waals surface area contributed by atoms with Gasteiger partial charge >= 0.3 is 5.97 Å². The number of benzene rings is 2. The topological polar surface area (TPSA) is 61.2 Å². The van der Waals surface area contributed by atoms with E-state index in [2.05, 4.69) is 4.98 Å². The summed E-state index contributed by atoms with van der Waals surface area (Å²) in [6, 6.07) is 12.1. The Hall–Kier alpha value is -2.66. The number of rotatable bonds is 4. The smallest absolute Gasteiger partial charge is 0.313 e. The molecule has 0 radical (unpaired) electrons. The van der Waals surface area contributed by atoms with Crippen LogP contribution in [0, 0.1) is 6.92 Å². The van der Waals surface area contributed by atoms with Gasteiger partial charge in [-0.2, -0.15) is 0 Å². The second-order valence-corrected chi connectivity index (χ2v) is 5.83. The zero-order valence-electron chi connectivity index (χ0n) is 13.0. The SMILES string of the molecule is Cc1cc(Cl)ccc1OC(=O)CCn1cnc2ccccc2c1=O. The third kappa shape index (κ3) is 3.46. The molecule has 0 unspecified atom stereocenters. The van der Waals surface area contributed by atoms with Crippen LogP contribution in [0.15, 0.2) is 53.6 Å². The maximum Gasteiger partial charge on any atom is 0.313 e. The molecule has 1 heterocycles. The van der Waals surface area contributed by atoms with E-state index < -0.39 is 5.97 Å². The zero-order chi connectivity index (χ0) is 17.1. The summed E-state index contributed by atoms with van der Waals surface area (Å²) in [4.78, 5) is 28.6. The van der Waals surface area contributed by atoms with Crippen molar-refractivity contribution in [2.45, 2.75) is 19.9 Å². The van der Waals surface area contributed by atoms with Gasteiger partial charge in [-0.05, 0) is 42.8 Å². The summed E-state index contributed by atoms with van der Waals surface area (Å²) in [5.41, 5.74) is 1.24. The van der Waals surface area contributed by atoms with Gasteiger partial charge in [0.1, 0.15) is 5.75 Å². The molecular weight excluding hydrogens is 328 g/mol. The molecular formula is C18H15ClN2O3. The molecule has 0 atom stereocenters. The van der Waals surface area contributed by atoms with Crippen LogP contribution in [0.5, 0.6) is 5.75 Å². The fraction of sp³-hybridized carbons (Fsp3) is 0.167. The van der Waals surface area contributed by atoms with Crippen LogP contribution in [0.3, 0.4) is 0 Å². The molecule has 122 valence electrons. The Morgan fingerprint density at radius 1 is 1.25 bits per heavy atom. The maximum atomic E-state index is 12.3. The summed E-state index contributed by atoms with van der Waals surface area (Å²) in [5, 5.41) is 1.11. The molecule has 0 aliphatic heterocycles. The van der Waals surface area contributed by atoms with Crippen molar-refractivity contribution < 1.29 is 9.53 Å². The van der Waals surface area contributed by atoms with Crippen LogP contribution >= 0.6 is 11.6 Å². The zero-order valence-corrected chi connectivity index (χ0v) is 13.8. The number of hydrogen-bond donors (Lipinski definition) is 0. The molecule has 0 saturated heterocycles. The molecule has 2 aromatic carbocycles. The largest absolute Gasteiger partial charge is 0.426 e. The number of para-hydroxylation sites is 1. The molecule has 1 aromatic heterocycles. The highest BCUT2D eigenvalue weighted by Crippen LogP contribution is 2.22. The molecule has 0 aliphatic carbocycles. The third-order valence-corrected chi connectivity index (χ3v) is 3.88. The number of carbonyl (C=O) groups excluding carboxylic acids is 1. The number of ether oxygens (including phenoxy) is 1. The Balaban J connectivity index is 1.70. The molecule has 0 saturated carbocycles. The van der Waals surface area contributed by atoms with E-state index in [4.69, 9.17) is 16.3 Å². The molecule has 24 heavy (non-hydrogen) atoms. The highest BCUT2D eigenvalue weighted by molar-refractivity contribution is 6.30. The van der Waals surface area contributed by atoms with Gasteiger partial charge in [-0.1, -0.05) is 23.7 Å². The molecule has 0 bridgehead atoms. The van der Waals surface area contributed by atoms with Crippen LogP contribution in [-0.2, 0) is 11.3 Å². The molecule has 6 heteroatoms. The Labute approximate surface area is 143 Å². The molecule has 0 amide bonds. The third-order valence-electron chi connectivity index (χ3n) is 3.65. The van der Waals surface area contributed by atoms with Gasteiger partial charge in [0.15, 0.2) is 0 Å². The van der Waals surface area contributed by atoms with Crippen LogP contribution in [-0.4, -0.2) is 15.5 Å². The van der Waals surface area contributed by atoms with E-state index in [0.29, 0.717) is 21.7 Å². The Morgan fingerprint density at radius 3 is 2.83 bits per heavy atom. The van der Waals surface area contributed by atoms with Crippen LogP contribution < -0.4 is 10.3 Å². The van der Waals surface area contributed by atoms with E-state index in [9.17, 15) is 9.59 Å². The Kier molecular flexibility index (Phi) is 4.62. The van der Waals surface area contributed by atoms with Crippen LogP contribution in [0.1, 0.15) is 12.0 Å². The number of aryl methyl sites for hydroxylation is 2. The first kappa shape index (κ1) is 16.2. The molecule has 0 fully saturated rings. The van der Waals surface area contributed by atoms with Crippen molar-refractivity contribution in [3.8, 4) is 5.75 Å². The molecule has 0 spiro atoms. The van der Waals surface area contributed by atoms with Crippen molar-refractivity contribution in [2.75, 3.05) is 0 Å². The highest BCUT2D eigenvalue weighted by atomic mass is 35.5. The quantitative estimate of drug-likeness (QED) is 0.539. The number of hydrogen-bond acceptors (Lipinski definition) is 4. The minimum Gasteiger partial charge on any atom is -0.426 e. The van der Waals surface area contributed by atoms with Gasteiger partial charge in [0.25, 0.3) is 5.56 Å². The van der Waals surface area contributed by atoms with E-state index in [1.807, 2.05) is 13.0 Å².